The fourth-order valence-electron chi connectivity index (χ4n) is 1.14. The highest BCUT2D eigenvalue weighted by Crippen LogP contribution is 2.35. The summed E-state index contributed by atoms with van der Waals surface area (Å²) in [5, 5.41) is 0. The van der Waals surface area contributed by atoms with Gasteiger partial charge in [0.25, 0.3) is 0 Å². The first-order valence-electron chi connectivity index (χ1n) is 3.73. The quantitative estimate of drug-likeness (QED) is 0.525. The highest BCUT2D eigenvalue weighted by Gasteiger charge is 2.32. The maximum atomic E-state index is 5.32. The summed E-state index contributed by atoms with van der Waals surface area (Å²) in [5.41, 5.74) is 0.472. The topological polar surface area (TPSA) is 9.23 Å². The number of rotatable bonds is 1. The summed E-state index contributed by atoms with van der Waals surface area (Å²) < 4.78 is 5.32. The molecule has 0 aromatic rings. The first-order chi connectivity index (χ1) is 4.15. The molecule has 54 valence electrons. The predicted molar refractivity (Wildman–Crippen MR) is 38.4 cm³/mol. The molecule has 0 bridgehead atoms. The van der Waals surface area contributed by atoms with Crippen LogP contribution in [-0.2, 0) is 4.74 Å². The van der Waals surface area contributed by atoms with Gasteiger partial charge in [-0.05, 0) is 17.8 Å². The standard InChI is InChI=1S/C8H16O/c1-7(2)8(3)4-5-9-6-8/h7H,4-6H2,1-3H3/t8-/m1/s1. The van der Waals surface area contributed by atoms with Gasteiger partial charge in [0.2, 0.25) is 0 Å². The molecule has 0 saturated carbocycles. The summed E-state index contributed by atoms with van der Waals surface area (Å²) in [5.74, 6) is 0.764. The maximum absolute atomic E-state index is 5.32. The van der Waals surface area contributed by atoms with E-state index >= 15 is 0 Å². The van der Waals surface area contributed by atoms with Gasteiger partial charge in [-0.25, -0.2) is 0 Å². The molecule has 1 rings (SSSR count). The Hall–Kier alpha value is -0.0400. The van der Waals surface area contributed by atoms with Crippen molar-refractivity contribution in [1.29, 1.82) is 0 Å². The molecule has 0 aromatic heterocycles. The molecule has 0 unspecified atom stereocenters. The van der Waals surface area contributed by atoms with E-state index in [4.69, 9.17) is 4.74 Å². The van der Waals surface area contributed by atoms with Crippen molar-refractivity contribution in [3.63, 3.8) is 0 Å². The molecule has 9 heavy (non-hydrogen) atoms. The highest BCUT2D eigenvalue weighted by atomic mass is 16.5. The van der Waals surface area contributed by atoms with Crippen molar-refractivity contribution in [2.75, 3.05) is 13.2 Å². The number of hydrogen-bond donors (Lipinski definition) is 0. The Morgan fingerprint density at radius 1 is 1.44 bits per heavy atom. The third-order valence-electron chi connectivity index (χ3n) is 2.64. The van der Waals surface area contributed by atoms with Crippen LogP contribution in [0, 0.1) is 11.3 Å². The molecule has 1 atom stereocenters. The molecule has 0 aliphatic carbocycles. The van der Waals surface area contributed by atoms with Crippen LogP contribution in [0.5, 0.6) is 0 Å². The Balaban J connectivity index is 2.51. The van der Waals surface area contributed by atoms with Crippen LogP contribution in [-0.4, -0.2) is 13.2 Å². The van der Waals surface area contributed by atoms with Crippen molar-refractivity contribution in [2.24, 2.45) is 11.3 Å². The van der Waals surface area contributed by atoms with Gasteiger partial charge in [-0.1, -0.05) is 20.8 Å². The fraction of sp³-hybridized carbons (Fsp3) is 1.00. The third kappa shape index (κ3) is 1.26. The lowest BCUT2D eigenvalue weighted by atomic mass is 9.79. The summed E-state index contributed by atoms with van der Waals surface area (Å²) >= 11 is 0. The van der Waals surface area contributed by atoms with Gasteiger partial charge in [0.15, 0.2) is 0 Å². The van der Waals surface area contributed by atoms with E-state index < -0.39 is 0 Å². The monoisotopic (exact) mass is 128 g/mol. The summed E-state index contributed by atoms with van der Waals surface area (Å²) in [6, 6.07) is 0. The number of hydrogen-bond acceptors (Lipinski definition) is 1. The van der Waals surface area contributed by atoms with Gasteiger partial charge in [-0.2, -0.15) is 0 Å². The minimum atomic E-state index is 0.472. The molecule has 0 amide bonds. The van der Waals surface area contributed by atoms with E-state index in [0.717, 1.165) is 19.1 Å². The minimum absolute atomic E-state index is 0.472. The molecular formula is C8H16O. The molecule has 0 aromatic carbocycles. The van der Waals surface area contributed by atoms with E-state index in [1.807, 2.05) is 0 Å². The molecule has 1 aliphatic heterocycles. The molecule has 0 spiro atoms. The average molecular weight is 128 g/mol. The van der Waals surface area contributed by atoms with Crippen LogP contribution in [0.1, 0.15) is 27.2 Å². The van der Waals surface area contributed by atoms with Crippen molar-refractivity contribution in [2.45, 2.75) is 27.2 Å². The minimum Gasteiger partial charge on any atom is -0.381 e. The van der Waals surface area contributed by atoms with E-state index in [1.54, 1.807) is 0 Å². The smallest absolute Gasteiger partial charge is 0.0523 e. The number of ether oxygens (including phenoxy) is 1. The lowest BCUT2D eigenvalue weighted by Crippen LogP contribution is -2.22. The molecule has 1 nitrogen and oxygen atoms in total. The molecule has 1 saturated heterocycles. The first-order valence-corrected chi connectivity index (χ1v) is 3.73. The molecule has 0 N–H and O–H groups in total. The second kappa shape index (κ2) is 2.30. The Kier molecular flexibility index (Phi) is 1.80. The molecule has 1 heteroatoms. The lowest BCUT2D eigenvalue weighted by molar-refractivity contribution is 0.133. The highest BCUT2D eigenvalue weighted by molar-refractivity contribution is 4.80. The van der Waals surface area contributed by atoms with Crippen LogP contribution in [0.3, 0.4) is 0 Å². The van der Waals surface area contributed by atoms with Crippen LogP contribution in [0.25, 0.3) is 0 Å². The summed E-state index contributed by atoms with van der Waals surface area (Å²) in [7, 11) is 0. The zero-order chi connectivity index (χ0) is 6.91. The van der Waals surface area contributed by atoms with Gasteiger partial charge in [0, 0.05) is 6.61 Å². The van der Waals surface area contributed by atoms with Crippen molar-refractivity contribution < 1.29 is 4.74 Å². The molecular weight excluding hydrogens is 112 g/mol. The van der Waals surface area contributed by atoms with Crippen LogP contribution in [0.4, 0.5) is 0 Å². The van der Waals surface area contributed by atoms with E-state index in [1.165, 1.54) is 6.42 Å². The van der Waals surface area contributed by atoms with Crippen molar-refractivity contribution in [3.8, 4) is 0 Å². The van der Waals surface area contributed by atoms with Crippen LogP contribution in [0.2, 0.25) is 0 Å². The molecule has 1 heterocycles. The summed E-state index contributed by atoms with van der Waals surface area (Å²) in [6.07, 6.45) is 1.24. The lowest BCUT2D eigenvalue weighted by Gasteiger charge is -2.25. The second-order valence-corrected chi connectivity index (χ2v) is 3.61. The van der Waals surface area contributed by atoms with Gasteiger partial charge < -0.3 is 4.74 Å². The van der Waals surface area contributed by atoms with Crippen LogP contribution >= 0.6 is 0 Å². The van der Waals surface area contributed by atoms with Gasteiger partial charge in [-0.15, -0.1) is 0 Å². The van der Waals surface area contributed by atoms with Gasteiger partial charge in [-0.3, -0.25) is 0 Å². The Morgan fingerprint density at radius 2 is 2.11 bits per heavy atom. The Bertz CT molecular complexity index is 90.7. The average Bonchev–Trinajstić information content (AvgIpc) is 2.16. The van der Waals surface area contributed by atoms with Gasteiger partial charge in [0.05, 0.1) is 6.61 Å². The molecule has 1 aliphatic rings. The van der Waals surface area contributed by atoms with Crippen molar-refractivity contribution >= 4 is 0 Å². The largest absolute Gasteiger partial charge is 0.381 e. The summed E-state index contributed by atoms with van der Waals surface area (Å²) in [4.78, 5) is 0. The van der Waals surface area contributed by atoms with E-state index in [9.17, 15) is 0 Å². The SMILES string of the molecule is CC(C)[C@]1(C)CCOC1. The van der Waals surface area contributed by atoms with Crippen molar-refractivity contribution in [3.05, 3.63) is 0 Å². The predicted octanol–water partition coefficient (Wildman–Crippen LogP) is 2.07. The zero-order valence-electron chi connectivity index (χ0n) is 6.61. The summed E-state index contributed by atoms with van der Waals surface area (Å²) in [6.45, 7) is 8.79. The van der Waals surface area contributed by atoms with Gasteiger partial charge in [0.1, 0.15) is 0 Å². The first kappa shape index (κ1) is 7.07. The van der Waals surface area contributed by atoms with Crippen LogP contribution < -0.4 is 0 Å². The van der Waals surface area contributed by atoms with E-state index in [-0.39, 0.29) is 0 Å². The van der Waals surface area contributed by atoms with E-state index in [2.05, 4.69) is 20.8 Å². The third-order valence-corrected chi connectivity index (χ3v) is 2.64. The van der Waals surface area contributed by atoms with E-state index in [0.29, 0.717) is 5.41 Å². The Morgan fingerprint density at radius 3 is 2.33 bits per heavy atom. The zero-order valence-corrected chi connectivity index (χ0v) is 6.61. The fourth-order valence-corrected chi connectivity index (χ4v) is 1.14. The van der Waals surface area contributed by atoms with Crippen molar-refractivity contribution in [1.82, 2.24) is 0 Å². The van der Waals surface area contributed by atoms with Gasteiger partial charge >= 0.3 is 0 Å². The normalized spacial score (nSPS) is 36.0. The molecule has 0 radical (unpaired) electrons. The second-order valence-electron chi connectivity index (χ2n) is 3.61. The Labute approximate surface area is 57.4 Å². The van der Waals surface area contributed by atoms with Crippen LogP contribution in [0.15, 0.2) is 0 Å². The maximum Gasteiger partial charge on any atom is 0.0523 e. The molecule has 1 fully saturated rings.